The van der Waals surface area contributed by atoms with E-state index in [-0.39, 0.29) is 88.6 Å². The van der Waals surface area contributed by atoms with Gasteiger partial charge >= 0.3 is 11.9 Å². The molecule has 4 amide bonds. The number of fused-ring (bicyclic) bond motifs is 6. The third-order valence-electron chi connectivity index (χ3n) is 23.5. The van der Waals surface area contributed by atoms with E-state index in [1.807, 2.05) is 26.0 Å². The van der Waals surface area contributed by atoms with Crippen molar-refractivity contribution in [3.63, 3.8) is 0 Å². The molecule has 6 atom stereocenters. The maximum Gasteiger partial charge on any atom is 0.336 e. The van der Waals surface area contributed by atoms with Gasteiger partial charge in [-0.1, -0.05) is 59.3 Å². The summed E-state index contributed by atoms with van der Waals surface area (Å²) in [6, 6.07) is 10.6. The number of nitrogens with one attached hydrogen (secondary N) is 3. The first-order valence-corrected chi connectivity index (χ1v) is 40.1. The zero-order chi connectivity index (χ0) is 80.1. The topological polar surface area (TPSA) is 360 Å². The lowest BCUT2D eigenvalue weighted by Gasteiger charge is -2.43. The van der Waals surface area contributed by atoms with E-state index in [4.69, 9.17) is 60.8 Å². The van der Waals surface area contributed by atoms with Crippen LogP contribution in [0.2, 0.25) is 5.28 Å². The molecule has 7 aliphatic heterocycles. The third-order valence-corrected chi connectivity index (χ3v) is 23.7. The number of hydrogen-bond donors (Lipinski definition) is 6. The highest BCUT2D eigenvalue weighted by Crippen LogP contribution is 2.47. The molecule has 3 aromatic carbocycles. The van der Waals surface area contributed by atoms with Gasteiger partial charge in [-0.2, -0.15) is 15.0 Å². The van der Waals surface area contributed by atoms with Crippen molar-refractivity contribution in [3.05, 3.63) is 93.7 Å². The van der Waals surface area contributed by atoms with E-state index in [1.54, 1.807) is 94.0 Å². The van der Waals surface area contributed by atoms with Gasteiger partial charge in [-0.25, -0.2) is 24.5 Å². The van der Waals surface area contributed by atoms with Gasteiger partial charge in [0.2, 0.25) is 34.9 Å². The molecule has 0 spiro atoms. The van der Waals surface area contributed by atoms with Crippen molar-refractivity contribution in [3.8, 4) is 17.2 Å². The summed E-state index contributed by atoms with van der Waals surface area (Å²) in [4.78, 5) is 116. The first-order chi connectivity index (χ1) is 54.6. The highest BCUT2D eigenvalue weighted by atomic mass is 35.5. The Labute approximate surface area is 663 Å². The summed E-state index contributed by atoms with van der Waals surface area (Å²) in [5, 5.41) is 28.8. The fourth-order valence-electron chi connectivity index (χ4n) is 17.8. The van der Waals surface area contributed by atoms with Gasteiger partial charge in [-0.3, -0.25) is 19.2 Å². The molecule has 32 heteroatoms. The van der Waals surface area contributed by atoms with Gasteiger partial charge in [-0.15, -0.1) is 0 Å². The molecule has 606 valence electrons. The van der Waals surface area contributed by atoms with E-state index in [1.165, 1.54) is 18.9 Å². The van der Waals surface area contributed by atoms with E-state index >= 15 is 0 Å². The van der Waals surface area contributed by atoms with Crippen molar-refractivity contribution in [2.24, 2.45) is 0 Å². The van der Waals surface area contributed by atoms with Crippen molar-refractivity contribution in [2.45, 2.75) is 210 Å². The second-order valence-corrected chi connectivity index (χ2v) is 31.0. The molecular formula is C81H106ClN17O14. The monoisotopic (exact) mass is 1580 g/mol. The molecule has 16 rings (SSSR count). The van der Waals surface area contributed by atoms with Crippen LogP contribution in [0, 0.1) is 0 Å². The molecule has 31 nitrogen and oxygen atoms in total. The van der Waals surface area contributed by atoms with E-state index in [9.17, 15) is 33.9 Å². The molecule has 3 unspecified atom stereocenters. The van der Waals surface area contributed by atoms with Crippen molar-refractivity contribution < 1.29 is 67.4 Å². The van der Waals surface area contributed by atoms with Crippen LogP contribution in [-0.4, -0.2) is 224 Å². The summed E-state index contributed by atoms with van der Waals surface area (Å²) in [7, 11) is 12.3. The standard InChI is InChI=1S/C31H43N7O4.C25H31N5O5.C14H19ClN4O.C11H13NO4/c1-5-25-30(40)37(3)26-17-32-31(35-28(26)38(25)20-8-6-7-9-20)34-24-11-10-22(23-16-21(18-41-4)42-27(23)24)29(39)33-19-12-14-36(2)15-13-19;1-4-19-23(31)29(2)20-12-26-25(28-22(20)30(19)14-7-5-6-8-14)27-18-10-9-16(24(32)33)17-11-15(13-34-3)35-21(17)18;1-3-10-13(20)18(2)11-8-16-14(15)17-12(11)19(10)9-6-4-5-7-9;1-15-5-6-4-8-7(11(13)14)2-3-9(12)10(8)16-6/h10-11,17,19-21,25H,5-9,12-16,18H2,1-4H3,(H,33,39)(H,32,34,35);9-10,12,14-15,19H,4-8,11,13H2,1-3H3,(H,32,33)(H,26,27,28);8-10H,3-7H2,1-2H3;2-3,6H,4-5,12H2,1H3,(H,13,14)/t21?,25-;15?,19-;10-;/m111./s1. The van der Waals surface area contributed by atoms with Crippen molar-refractivity contribution in [1.29, 1.82) is 0 Å². The molecule has 10 heterocycles. The number of likely N-dealkylation sites (N-methyl/N-ethyl adjacent to an activating group) is 3. The summed E-state index contributed by atoms with van der Waals surface area (Å²) in [6.45, 7) is 9.31. The van der Waals surface area contributed by atoms with Crippen LogP contribution in [0.5, 0.6) is 17.2 Å². The number of halogens is 1. The molecule has 10 aliphatic rings. The lowest BCUT2D eigenvalue weighted by atomic mass is 9.99. The van der Waals surface area contributed by atoms with Gasteiger partial charge in [-0.05, 0) is 139 Å². The predicted molar refractivity (Wildman–Crippen MR) is 430 cm³/mol. The number of benzene rings is 3. The normalized spacial score (nSPS) is 22.0. The Hall–Kier alpha value is -9.95. The number of nitrogens with two attached hydrogens (primary N) is 1. The number of piperidine rings is 1. The average Bonchev–Trinajstić information content (AvgIpc) is 1.35. The van der Waals surface area contributed by atoms with Crippen LogP contribution < -0.4 is 65.3 Å². The van der Waals surface area contributed by atoms with Crippen LogP contribution >= 0.6 is 11.6 Å². The third kappa shape index (κ3) is 16.9. The van der Waals surface area contributed by atoms with Crippen LogP contribution in [0.15, 0.2) is 55.0 Å². The summed E-state index contributed by atoms with van der Waals surface area (Å²) < 4.78 is 33.5. The van der Waals surface area contributed by atoms with Gasteiger partial charge in [0.25, 0.3) is 5.91 Å². The van der Waals surface area contributed by atoms with Crippen molar-refractivity contribution in [1.82, 2.24) is 40.1 Å². The molecule has 0 radical (unpaired) electrons. The molecule has 1 saturated heterocycles. The van der Waals surface area contributed by atoms with E-state index in [0.29, 0.717) is 126 Å². The number of nitrogen functional groups attached to an aromatic ring is 1. The molecule has 6 aromatic rings. The second-order valence-electron chi connectivity index (χ2n) is 30.7. The number of amides is 4. The van der Waals surface area contributed by atoms with Crippen LogP contribution in [0.1, 0.15) is 178 Å². The number of aromatic carboxylic acids is 2. The van der Waals surface area contributed by atoms with Crippen LogP contribution in [0.3, 0.4) is 0 Å². The molecule has 7 N–H and O–H groups in total. The maximum absolute atomic E-state index is 13.4. The van der Waals surface area contributed by atoms with E-state index < -0.39 is 11.9 Å². The minimum absolute atomic E-state index is 0.0652. The molecular weight excluding hydrogens is 1470 g/mol. The Bertz CT molecular complexity index is 4500. The van der Waals surface area contributed by atoms with Crippen molar-refractivity contribution in [2.75, 3.05) is 128 Å². The van der Waals surface area contributed by atoms with E-state index in [0.717, 1.165) is 137 Å². The number of carboxylic acids is 2. The number of likely N-dealkylation sites (tertiary alicyclic amines) is 1. The minimum atomic E-state index is -0.995. The largest absolute Gasteiger partial charge is 0.485 e. The Morgan fingerprint density at radius 1 is 0.504 bits per heavy atom. The van der Waals surface area contributed by atoms with Crippen LogP contribution in [0.25, 0.3) is 0 Å². The average molecular weight is 1580 g/mol. The zero-order valence-electron chi connectivity index (χ0n) is 66.2. The number of carboxylic acid groups (broad SMARTS) is 2. The van der Waals surface area contributed by atoms with Gasteiger partial charge in [0.1, 0.15) is 70.7 Å². The fourth-order valence-corrected chi connectivity index (χ4v) is 17.9. The van der Waals surface area contributed by atoms with Gasteiger partial charge in [0.05, 0.1) is 66.6 Å². The second kappa shape index (κ2) is 35.6. The summed E-state index contributed by atoms with van der Waals surface area (Å²) in [5.41, 5.74) is 13.0. The number of carbonyl (C=O) groups is 6. The number of rotatable bonds is 20. The van der Waals surface area contributed by atoms with Crippen LogP contribution in [-0.2, 0) is 47.9 Å². The zero-order valence-corrected chi connectivity index (χ0v) is 67.0. The first-order valence-electron chi connectivity index (χ1n) is 39.7. The van der Waals surface area contributed by atoms with Crippen LogP contribution in [0.4, 0.5) is 63.5 Å². The SMILES string of the molecule is CC[C@@H]1C(=O)N(C)c2cnc(Cl)nc2N1C1CCCC1.CC[C@@H]1C(=O)N(C)c2cnc(Nc3ccc(C(=O)NC4CCN(C)CC4)c4c3OC(COC)C4)nc2N1C1CCCC1.CC[C@@H]1C(=O)N(C)c2cnc(Nc3ccc(C(=O)O)c4c3OC(COC)C4)nc2N1C1CCCC1.COCC1Cc2c(C(=O)O)ccc(N)c2O1. The lowest BCUT2D eigenvalue weighted by Crippen LogP contribution is -2.55. The number of anilines is 11. The number of aromatic nitrogens is 6. The summed E-state index contributed by atoms with van der Waals surface area (Å²) >= 11 is 5.97. The number of methoxy groups -OCH3 is 3. The van der Waals surface area contributed by atoms with Gasteiger partial charge in [0.15, 0.2) is 17.5 Å². The summed E-state index contributed by atoms with van der Waals surface area (Å²) in [6.07, 6.45) is 23.6. The Morgan fingerprint density at radius 3 is 1.25 bits per heavy atom. The fraction of sp³-hybridized carbons (Fsp3) is 0.556. The molecule has 3 saturated carbocycles. The summed E-state index contributed by atoms with van der Waals surface area (Å²) in [5.74, 6) is 3.02. The van der Waals surface area contributed by atoms with Gasteiger partial charge < -0.3 is 94.6 Å². The lowest BCUT2D eigenvalue weighted by molar-refractivity contribution is -0.120. The molecule has 4 fully saturated rings. The number of carbonyl (C=O) groups excluding carboxylic acids is 4. The first kappa shape index (κ1) is 81.1. The minimum Gasteiger partial charge on any atom is -0.485 e. The Balaban J connectivity index is 0.000000141. The molecule has 113 heavy (non-hydrogen) atoms. The number of ether oxygens (including phenoxy) is 6. The highest BCUT2D eigenvalue weighted by molar-refractivity contribution is 6.28. The van der Waals surface area contributed by atoms with E-state index in [2.05, 4.69) is 69.5 Å². The highest BCUT2D eigenvalue weighted by Gasteiger charge is 2.46. The Morgan fingerprint density at radius 2 is 0.858 bits per heavy atom. The van der Waals surface area contributed by atoms with Gasteiger partial charge in [0, 0.05) is 108 Å². The molecule has 3 aromatic heterocycles. The maximum atomic E-state index is 13.4. The van der Waals surface area contributed by atoms with Crippen molar-refractivity contribution >= 4 is 111 Å². The number of nitrogens with zero attached hydrogens (tertiary/aromatic N) is 13. The Kier molecular flexibility index (Phi) is 25.6. The molecule has 3 aliphatic carbocycles. The quantitative estimate of drug-likeness (QED) is 0.0305. The smallest absolute Gasteiger partial charge is 0.336 e. The molecule has 0 bridgehead atoms. The predicted octanol–water partition coefficient (Wildman–Crippen LogP) is 10.4. The number of hydrogen-bond acceptors (Lipinski definition) is 25.